The smallest absolute Gasteiger partial charge is 0.264 e. The molecule has 25 heavy (non-hydrogen) atoms. The number of likely N-dealkylation sites (tertiary alicyclic amines) is 1. The van der Waals surface area contributed by atoms with E-state index >= 15 is 0 Å². The van der Waals surface area contributed by atoms with Gasteiger partial charge < -0.3 is 10.2 Å². The number of hydrogen-bond donors (Lipinski definition) is 1. The Labute approximate surface area is 150 Å². The minimum absolute atomic E-state index is 0.0898. The molecule has 0 unspecified atom stereocenters. The summed E-state index contributed by atoms with van der Waals surface area (Å²) in [5.74, 6) is -0.161. The molecule has 1 saturated heterocycles. The maximum Gasteiger partial charge on any atom is 0.264 e. The third kappa shape index (κ3) is 3.51. The van der Waals surface area contributed by atoms with Gasteiger partial charge in [0.25, 0.3) is 5.91 Å². The van der Waals surface area contributed by atoms with Crippen molar-refractivity contribution in [1.82, 2.24) is 4.90 Å². The number of benzene rings is 2. The SMILES string of the molecule is O=C(c1cc2ccccc2s1)N1CCC[C@H](Nc2cccc(F)c2)C1. The summed E-state index contributed by atoms with van der Waals surface area (Å²) in [4.78, 5) is 15.6. The number of halogens is 1. The molecule has 1 aliphatic heterocycles. The molecule has 4 rings (SSSR count). The Kier molecular flexibility index (Phi) is 4.40. The highest BCUT2D eigenvalue weighted by atomic mass is 32.1. The molecule has 3 nitrogen and oxygen atoms in total. The molecule has 5 heteroatoms. The number of carbonyl (C=O) groups is 1. The Balaban J connectivity index is 1.47. The number of hydrogen-bond acceptors (Lipinski definition) is 3. The Morgan fingerprint density at radius 3 is 2.88 bits per heavy atom. The van der Waals surface area contributed by atoms with Crippen LogP contribution in [0.4, 0.5) is 10.1 Å². The molecule has 1 aromatic heterocycles. The molecule has 2 heterocycles. The standard InChI is InChI=1S/C20H19FN2OS/c21-15-6-3-7-16(12-15)22-17-8-4-10-23(13-17)20(24)19-11-14-5-1-2-9-18(14)25-19/h1-3,5-7,9,11-12,17,22H,4,8,10,13H2/t17-/m0/s1. The number of thiophene rings is 1. The van der Waals surface area contributed by atoms with Crippen LogP contribution in [0.15, 0.2) is 54.6 Å². The minimum Gasteiger partial charge on any atom is -0.380 e. The minimum atomic E-state index is -0.251. The number of fused-ring (bicyclic) bond motifs is 1. The molecular weight excluding hydrogens is 335 g/mol. The summed E-state index contributed by atoms with van der Waals surface area (Å²) in [5.41, 5.74) is 0.765. The lowest BCUT2D eigenvalue weighted by atomic mass is 10.0. The Hall–Kier alpha value is -2.40. The average molecular weight is 354 g/mol. The molecule has 128 valence electrons. The highest BCUT2D eigenvalue weighted by Gasteiger charge is 2.25. The van der Waals surface area contributed by atoms with Gasteiger partial charge in [0.15, 0.2) is 0 Å². The number of anilines is 1. The second kappa shape index (κ2) is 6.84. The van der Waals surface area contributed by atoms with Crippen LogP contribution in [0.3, 0.4) is 0 Å². The van der Waals surface area contributed by atoms with Gasteiger partial charge in [0, 0.05) is 29.5 Å². The van der Waals surface area contributed by atoms with Gasteiger partial charge in [0.1, 0.15) is 5.82 Å². The summed E-state index contributed by atoms with van der Waals surface area (Å²) in [6.07, 6.45) is 1.93. The fourth-order valence-electron chi connectivity index (χ4n) is 3.34. The number of piperidine rings is 1. The van der Waals surface area contributed by atoms with Crippen molar-refractivity contribution in [2.45, 2.75) is 18.9 Å². The molecule has 3 aromatic rings. The van der Waals surface area contributed by atoms with E-state index < -0.39 is 0 Å². The second-order valence-corrected chi connectivity index (χ2v) is 7.48. The van der Waals surface area contributed by atoms with E-state index in [9.17, 15) is 9.18 Å². The Morgan fingerprint density at radius 2 is 2.04 bits per heavy atom. The molecule has 0 radical (unpaired) electrons. The summed E-state index contributed by atoms with van der Waals surface area (Å²) in [5, 5.41) is 4.47. The van der Waals surface area contributed by atoms with Crippen LogP contribution < -0.4 is 5.32 Å². The molecule has 0 spiro atoms. The summed E-state index contributed by atoms with van der Waals surface area (Å²) in [6, 6.07) is 16.7. The molecule has 1 atom stereocenters. The van der Waals surface area contributed by atoms with Crippen molar-refractivity contribution >= 4 is 33.0 Å². The van der Waals surface area contributed by atoms with E-state index in [1.807, 2.05) is 41.3 Å². The van der Waals surface area contributed by atoms with Gasteiger partial charge in [-0.1, -0.05) is 24.3 Å². The van der Waals surface area contributed by atoms with Crippen LogP contribution in [0.1, 0.15) is 22.5 Å². The van der Waals surface area contributed by atoms with Crippen LogP contribution >= 0.6 is 11.3 Å². The molecular formula is C20H19FN2OS. The average Bonchev–Trinajstić information content (AvgIpc) is 3.05. The van der Waals surface area contributed by atoms with Crippen molar-refractivity contribution in [2.24, 2.45) is 0 Å². The molecule has 1 amide bonds. The fourth-order valence-corrected chi connectivity index (χ4v) is 4.37. The number of amides is 1. The Bertz CT molecular complexity index is 874. The first-order valence-corrected chi connectivity index (χ1v) is 9.31. The normalized spacial score (nSPS) is 17.6. The molecule has 0 aliphatic carbocycles. The van der Waals surface area contributed by atoms with Crippen molar-refractivity contribution < 1.29 is 9.18 Å². The summed E-state index contributed by atoms with van der Waals surface area (Å²) < 4.78 is 14.5. The quantitative estimate of drug-likeness (QED) is 0.736. The lowest BCUT2D eigenvalue weighted by Gasteiger charge is -2.33. The van der Waals surface area contributed by atoms with Gasteiger partial charge in [-0.05, 0) is 48.6 Å². The van der Waals surface area contributed by atoms with E-state index in [1.54, 1.807) is 17.4 Å². The van der Waals surface area contributed by atoms with Crippen LogP contribution in [0.2, 0.25) is 0 Å². The fraction of sp³-hybridized carbons (Fsp3) is 0.250. The maximum atomic E-state index is 13.3. The molecule has 1 N–H and O–H groups in total. The zero-order chi connectivity index (χ0) is 17.2. The second-order valence-electron chi connectivity index (χ2n) is 6.39. The molecule has 2 aromatic carbocycles. The van der Waals surface area contributed by atoms with Crippen LogP contribution in [-0.2, 0) is 0 Å². The van der Waals surface area contributed by atoms with E-state index in [1.165, 1.54) is 12.1 Å². The van der Waals surface area contributed by atoms with Crippen molar-refractivity contribution in [3.8, 4) is 0 Å². The van der Waals surface area contributed by atoms with Crippen molar-refractivity contribution in [2.75, 3.05) is 18.4 Å². The van der Waals surface area contributed by atoms with E-state index in [-0.39, 0.29) is 17.8 Å². The summed E-state index contributed by atoms with van der Waals surface area (Å²) in [7, 11) is 0. The van der Waals surface area contributed by atoms with E-state index in [4.69, 9.17) is 0 Å². The van der Waals surface area contributed by atoms with E-state index in [0.717, 1.165) is 40.0 Å². The van der Waals surface area contributed by atoms with Gasteiger partial charge in [-0.2, -0.15) is 0 Å². The monoisotopic (exact) mass is 354 g/mol. The van der Waals surface area contributed by atoms with Crippen LogP contribution in [-0.4, -0.2) is 29.9 Å². The van der Waals surface area contributed by atoms with E-state index in [0.29, 0.717) is 6.54 Å². The predicted octanol–water partition coefficient (Wildman–Crippen LogP) is 4.76. The first-order chi connectivity index (χ1) is 12.2. The summed E-state index contributed by atoms with van der Waals surface area (Å²) in [6.45, 7) is 1.41. The van der Waals surface area contributed by atoms with Crippen molar-refractivity contribution in [3.05, 3.63) is 65.3 Å². The maximum absolute atomic E-state index is 13.3. The highest BCUT2D eigenvalue weighted by Crippen LogP contribution is 2.27. The topological polar surface area (TPSA) is 32.3 Å². The number of rotatable bonds is 3. The highest BCUT2D eigenvalue weighted by molar-refractivity contribution is 7.20. The predicted molar refractivity (Wildman–Crippen MR) is 101 cm³/mol. The first-order valence-electron chi connectivity index (χ1n) is 8.49. The van der Waals surface area contributed by atoms with Crippen LogP contribution in [0, 0.1) is 5.82 Å². The van der Waals surface area contributed by atoms with Crippen LogP contribution in [0.25, 0.3) is 10.1 Å². The first kappa shape index (κ1) is 16.1. The van der Waals surface area contributed by atoms with Gasteiger partial charge in [0.2, 0.25) is 0 Å². The Morgan fingerprint density at radius 1 is 1.16 bits per heavy atom. The van der Waals surface area contributed by atoms with Crippen molar-refractivity contribution in [3.63, 3.8) is 0 Å². The number of nitrogens with zero attached hydrogens (tertiary/aromatic N) is 1. The molecule has 0 saturated carbocycles. The lowest BCUT2D eigenvalue weighted by Crippen LogP contribution is -2.44. The lowest BCUT2D eigenvalue weighted by molar-refractivity contribution is 0.0720. The molecule has 1 aliphatic rings. The third-order valence-electron chi connectivity index (χ3n) is 4.54. The van der Waals surface area contributed by atoms with Crippen molar-refractivity contribution in [1.29, 1.82) is 0 Å². The van der Waals surface area contributed by atoms with Crippen LogP contribution in [0.5, 0.6) is 0 Å². The van der Waals surface area contributed by atoms with Gasteiger partial charge in [-0.25, -0.2) is 4.39 Å². The third-order valence-corrected chi connectivity index (χ3v) is 5.64. The number of carbonyl (C=O) groups excluding carboxylic acids is 1. The van der Waals surface area contributed by atoms with Gasteiger partial charge >= 0.3 is 0 Å². The zero-order valence-corrected chi connectivity index (χ0v) is 14.6. The van der Waals surface area contributed by atoms with Gasteiger partial charge in [0.05, 0.1) is 4.88 Å². The van der Waals surface area contributed by atoms with Gasteiger partial charge in [-0.3, -0.25) is 4.79 Å². The zero-order valence-electron chi connectivity index (χ0n) is 13.7. The largest absolute Gasteiger partial charge is 0.380 e. The molecule has 1 fully saturated rings. The van der Waals surface area contributed by atoms with E-state index in [2.05, 4.69) is 5.32 Å². The summed E-state index contributed by atoms with van der Waals surface area (Å²) >= 11 is 1.54. The molecule has 0 bridgehead atoms. The van der Waals surface area contributed by atoms with Gasteiger partial charge in [-0.15, -0.1) is 11.3 Å². The number of nitrogens with one attached hydrogen (secondary N) is 1.